The van der Waals surface area contributed by atoms with Crippen molar-refractivity contribution in [2.45, 2.75) is 26.2 Å². The van der Waals surface area contributed by atoms with Crippen LogP contribution in [0.3, 0.4) is 0 Å². The summed E-state index contributed by atoms with van der Waals surface area (Å²) in [6.07, 6.45) is 1.81. The van der Waals surface area contributed by atoms with Gasteiger partial charge in [0.05, 0.1) is 0 Å². The maximum atomic E-state index is 13.0. The Morgan fingerprint density at radius 1 is 1.07 bits per heavy atom. The highest BCUT2D eigenvalue weighted by Gasteiger charge is 2.24. The number of hydrogen-bond acceptors (Lipinski definition) is 3. The van der Waals surface area contributed by atoms with Crippen LogP contribution in [0.5, 0.6) is 0 Å². The molecule has 0 bridgehead atoms. The molecule has 3 aromatic rings. The number of halogens is 1. The van der Waals surface area contributed by atoms with Gasteiger partial charge in [0.1, 0.15) is 11.5 Å². The Morgan fingerprint density at radius 3 is 2.46 bits per heavy atom. The highest BCUT2D eigenvalue weighted by atomic mass is 79.9. The van der Waals surface area contributed by atoms with Gasteiger partial charge >= 0.3 is 0 Å². The smallest absolute Gasteiger partial charge is 0.270 e. The number of H-pyrrole nitrogens is 1. The first kappa shape index (κ1) is 19.0. The third-order valence-corrected chi connectivity index (χ3v) is 5.79. The summed E-state index contributed by atoms with van der Waals surface area (Å²) in [5, 5.41) is 1.08. The summed E-state index contributed by atoms with van der Waals surface area (Å²) in [7, 11) is 0. The van der Waals surface area contributed by atoms with E-state index in [1.165, 1.54) is 5.56 Å². The molecule has 4 rings (SSSR count). The molecular formula is C22H25BrN4O. The maximum Gasteiger partial charge on any atom is 0.270 e. The molecule has 1 aromatic carbocycles. The fourth-order valence-electron chi connectivity index (χ4n) is 3.57. The zero-order valence-corrected chi connectivity index (χ0v) is 18.1. The van der Waals surface area contributed by atoms with Gasteiger partial charge in [0.25, 0.3) is 5.91 Å². The Labute approximate surface area is 173 Å². The van der Waals surface area contributed by atoms with Crippen molar-refractivity contribution in [2.75, 3.05) is 31.1 Å². The van der Waals surface area contributed by atoms with Crippen LogP contribution in [-0.4, -0.2) is 47.0 Å². The number of aromatic amines is 1. The first-order valence-electron chi connectivity index (χ1n) is 9.60. The fraction of sp³-hybridized carbons (Fsp3) is 0.364. The lowest BCUT2D eigenvalue weighted by Gasteiger charge is -2.35. The molecule has 0 radical (unpaired) electrons. The van der Waals surface area contributed by atoms with Crippen LogP contribution in [0.2, 0.25) is 0 Å². The molecule has 2 aromatic heterocycles. The first-order valence-corrected chi connectivity index (χ1v) is 10.4. The van der Waals surface area contributed by atoms with Crippen molar-refractivity contribution < 1.29 is 4.79 Å². The van der Waals surface area contributed by atoms with Crippen molar-refractivity contribution in [3.8, 4) is 0 Å². The summed E-state index contributed by atoms with van der Waals surface area (Å²) in [5.74, 6) is 1.02. The number of nitrogens with zero attached hydrogens (tertiary/aromatic N) is 3. The molecule has 0 atom stereocenters. The van der Waals surface area contributed by atoms with Gasteiger partial charge in [-0.1, -0.05) is 32.9 Å². The number of rotatable bonds is 2. The minimum atomic E-state index is 0.0666. The number of carbonyl (C=O) groups excluding carboxylic acids is 1. The molecule has 1 saturated heterocycles. The van der Waals surface area contributed by atoms with E-state index in [9.17, 15) is 4.79 Å². The molecule has 1 aliphatic heterocycles. The molecule has 0 spiro atoms. The molecule has 1 fully saturated rings. The van der Waals surface area contributed by atoms with Gasteiger partial charge in [-0.2, -0.15) is 0 Å². The van der Waals surface area contributed by atoms with Gasteiger partial charge in [-0.25, -0.2) is 4.98 Å². The summed E-state index contributed by atoms with van der Waals surface area (Å²) in [5.41, 5.74) is 3.03. The average Bonchev–Trinajstić information content (AvgIpc) is 3.11. The van der Waals surface area contributed by atoms with Crippen molar-refractivity contribution in [3.05, 3.63) is 58.3 Å². The van der Waals surface area contributed by atoms with Crippen LogP contribution in [0, 0.1) is 0 Å². The Balaban J connectivity index is 1.47. The maximum absolute atomic E-state index is 13.0. The van der Waals surface area contributed by atoms with E-state index in [2.05, 4.69) is 69.8 Å². The van der Waals surface area contributed by atoms with Gasteiger partial charge in [0.15, 0.2) is 0 Å². The van der Waals surface area contributed by atoms with Crippen molar-refractivity contribution in [1.82, 2.24) is 14.9 Å². The van der Waals surface area contributed by atoms with E-state index in [1.807, 2.05) is 29.3 Å². The van der Waals surface area contributed by atoms with Gasteiger partial charge in [-0.05, 0) is 51.2 Å². The van der Waals surface area contributed by atoms with Crippen molar-refractivity contribution >= 4 is 38.6 Å². The Morgan fingerprint density at radius 2 is 1.82 bits per heavy atom. The molecular weight excluding hydrogens is 416 g/mol. The number of aromatic nitrogens is 2. The summed E-state index contributed by atoms with van der Waals surface area (Å²) in [6, 6.07) is 12.4. The van der Waals surface area contributed by atoms with Gasteiger partial charge in [-0.3, -0.25) is 4.79 Å². The molecule has 146 valence electrons. The molecule has 0 saturated carbocycles. The normalized spacial score (nSPS) is 15.3. The van der Waals surface area contributed by atoms with Crippen molar-refractivity contribution in [3.63, 3.8) is 0 Å². The van der Waals surface area contributed by atoms with E-state index in [0.717, 1.165) is 34.3 Å². The third-order valence-electron chi connectivity index (χ3n) is 5.32. The van der Waals surface area contributed by atoms with E-state index < -0.39 is 0 Å². The summed E-state index contributed by atoms with van der Waals surface area (Å²) < 4.78 is 0.971. The lowest BCUT2D eigenvalue weighted by atomic mass is 9.87. The molecule has 0 aliphatic carbocycles. The summed E-state index contributed by atoms with van der Waals surface area (Å²) in [4.78, 5) is 24.9. The van der Waals surface area contributed by atoms with Gasteiger partial charge < -0.3 is 14.8 Å². The van der Waals surface area contributed by atoms with E-state index in [0.29, 0.717) is 18.8 Å². The standard InChI is InChI=1S/C22H25BrN4O/c1-22(2,3)16-5-4-15-12-19(25-18(15)13-16)21(28)27-10-8-26(9-11-27)20-7-6-17(23)14-24-20/h4-7,12-14,25H,8-11H2,1-3H3. The van der Waals surface area contributed by atoms with Crippen LogP contribution in [0.15, 0.2) is 47.1 Å². The van der Waals surface area contributed by atoms with Crippen LogP contribution >= 0.6 is 15.9 Å². The SMILES string of the molecule is CC(C)(C)c1ccc2cc(C(=O)N3CCN(c4ccc(Br)cn4)CC3)[nH]c2c1. The second-order valence-electron chi connectivity index (χ2n) is 8.35. The van der Waals surface area contributed by atoms with E-state index >= 15 is 0 Å². The Kier molecular flexibility index (Phi) is 4.91. The number of carbonyl (C=O) groups is 1. The van der Waals surface area contributed by atoms with Crippen LogP contribution in [0.1, 0.15) is 36.8 Å². The molecule has 5 nitrogen and oxygen atoms in total. The lowest BCUT2D eigenvalue weighted by Crippen LogP contribution is -2.49. The van der Waals surface area contributed by atoms with E-state index in [1.54, 1.807) is 0 Å². The topological polar surface area (TPSA) is 52.2 Å². The monoisotopic (exact) mass is 440 g/mol. The molecule has 3 heterocycles. The number of nitrogens with one attached hydrogen (secondary N) is 1. The lowest BCUT2D eigenvalue weighted by molar-refractivity contribution is 0.0741. The zero-order valence-electron chi connectivity index (χ0n) is 16.5. The quantitative estimate of drug-likeness (QED) is 0.633. The highest BCUT2D eigenvalue weighted by Crippen LogP contribution is 2.27. The third kappa shape index (κ3) is 3.78. The summed E-state index contributed by atoms with van der Waals surface area (Å²) >= 11 is 3.42. The number of anilines is 1. The molecule has 28 heavy (non-hydrogen) atoms. The number of benzene rings is 1. The molecule has 1 aliphatic rings. The predicted octanol–water partition coefficient (Wildman–Crippen LogP) is 4.59. The number of hydrogen-bond donors (Lipinski definition) is 1. The summed E-state index contributed by atoms with van der Waals surface area (Å²) in [6.45, 7) is 9.55. The number of fused-ring (bicyclic) bond motifs is 1. The predicted molar refractivity (Wildman–Crippen MR) is 117 cm³/mol. The minimum absolute atomic E-state index is 0.0666. The molecule has 0 unspecified atom stereocenters. The molecule has 6 heteroatoms. The number of amides is 1. The zero-order chi connectivity index (χ0) is 19.9. The molecule has 1 N–H and O–H groups in total. The van der Waals surface area contributed by atoms with Crippen LogP contribution in [0.25, 0.3) is 10.9 Å². The van der Waals surface area contributed by atoms with Crippen molar-refractivity contribution in [1.29, 1.82) is 0 Å². The fourth-order valence-corrected chi connectivity index (χ4v) is 3.81. The highest BCUT2D eigenvalue weighted by molar-refractivity contribution is 9.10. The minimum Gasteiger partial charge on any atom is -0.353 e. The van der Waals surface area contributed by atoms with Crippen LogP contribution in [-0.2, 0) is 5.41 Å². The molecule has 1 amide bonds. The Bertz CT molecular complexity index is 996. The van der Waals surface area contributed by atoms with Crippen LogP contribution in [0.4, 0.5) is 5.82 Å². The second-order valence-corrected chi connectivity index (χ2v) is 9.26. The van der Waals surface area contributed by atoms with E-state index in [4.69, 9.17) is 0 Å². The van der Waals surface area contributed by atoms with Gasteiger partial charge in [-0.15, -0.1) is 0 Å². The number of pyridine rings is 1. The van der Waals surface area contributed by atoms with Crippen LogP contribution < -0.4 is 4.90 Å². The van der Waals surface area contributed by atoms with E-state index in [-0.39, 0.29) is 11.3 Å². The Hall–Kier alpha value is -2.34. The average molecular weight is 441 g/mol. The van der Waals surface area contributed by atoms with Gasteiger partial charge in [0, 0.05) is 47.8 Å². The second kappa shape index (κ2) is 7.24. The first-order chi connectivity index (χ1) is 13.3. The largest absolute Gasteiger partial charge is 0.353 e. The van der Waals surface area contributed by atoms with Crippen molar-refractivity contribution in [2.24, 2.45) is 0 Å². The van der Waals surface area contributed by atoms with Gasteiger partial charge in [0.2, 0.25) is 0 Å². The number of piperazine rings is 1.